The molecule has 0 aliphatic heterocycles. The average molecular weight is 510 g/mol. The fraction of sp³-hybridized carbons (Fsp3) is 0.267. The maximum Gasteiger partial charge on any atom is 0.329 e. The summed E-state index contributed by atoms with van der Waals surface area (Å²) in [6.07, 6.45) is 1.22. The number of carbonyl (C=O) groups excluding carboxylic acids is 2. The zero-order valence-corrected chi connectivity index (χ0v) is 21.9. The Kier molecular flexibility index (Phi) is 6.96. The van der Waals surface area contributed by atoms with Crippen LogP contribution in [-0.4, -0.2) is 49.4 Å². The Morgan fingerprint density at radius 2 is 1.39 bits per heavy atom. The van der Waals surface area contributed by atoms with E-state index in [0.717, 1.165) is 33.5 Å². The van der Waals surface area contributed by atoms with Crippen LogP contribution in [0.4, 0.5) is 0 Å². The van der Waals surface area contributed by atoms with E-state index in [1.165, 1.54) is 0 Å². The van der Waals surface area contributed by atoms with Crippen LogP contribution in [0.25, 0.3) is 22.1 Å². The lowest BCUT2D eigenvalue weighted by molar-refractivity contribution is -0.117. The van der Waals surface area contributed by atoms with Crippen molar-refractivity contribution in [3.63, 3.8) is 0 Å². The lowest BCUT2D eigenvalue weighted by Crippen LogP contribution is -2.26. The van der Waals surface area contributed by atoms with E-state index < -0.39 is 0 Å². The zero-order chi connectivity index (χ0) is 26.8. The molecule has 0 N–H and O–H groups in total. The summed E-state index contributed by atoms with van der Waals surface area (Å²) in [5, 5.41) is 0. The Morgan fingerprint density at radius 1 is 0.789 bits per heavy atom. The second-order valence-corrected chi connectivity index (χ2v) is 9.81. The van der Waals surface area contributed by atoms with E-state index in [9.17, 15) is 14.4 Å². The summed E-state index contributed by atoms with van der Waals surface area (Å²) in [5.74, 6) is 0.886. The quantitative estimate of drug-likeness (QED) is 0.296. The van der Waals surface area contributed by atoms with Crippen LogP contribution in [-0.2, 0) is 24.4 Å². The molecule has 194 valence electrons. The largest absolute Gasteiger partial charge is 0.345 e. The number of hydrogen-bond acceptors (Lipinski definition) is 4. The molecule has 0 fully saturated rings. The van der Waals surface area contributed by atoms with Gasteiger partial charge in [0.15, 0.2) is 0 Å². The third-order valence-corrected chi connectivity index (χ3v) is 6.82. The van der Waals surface area contributed by atoms with E-state index in [1.807, 2.05) is 60.7 Å². The first-order valence-corrected chi connectivity index (χ1v) is 12.8. The Labute approximate surface area is 220 Å². The molecule has 0 aliphatic rings. The van der Waals surface area contributed by atoms with E-state index in [-0.39, 0.29) is 17.4 Å². The molecule has 5 rings (SSSR count). The normalized spacial score (nSPS) is 11.3. The molecule has 0 spiro atoms. The van der Waals surface area contributed by atoms with Crippen molar-refractivity contribution in [2.24, 2.45) is 0 Å². The van der Waals surface area contributed by atoms with Gasteiger partial charge in [-0.25, -0.2) is 9.78 Å². The van der Waals surface area contributed by atoms with Gasteiger partial charge in [-0.05, 0) is 55.3 Å². The SMILES string of the molecule is CC(=O)CCCn1c(Cn2c(=O)n(Cc3ccc(C(=O)N(C)C)cc3)c3ccccc32)nc2ccccc21. The van der Waals surface area contributed by atoms with Gasteiger partial charge in [0.25, 0.3) is 5.91 Å². The van der Waals surface area contributed by atoms with Crippen molar-refractivity contribution >= 4 is 33.8 Å². The number of carbonyl (C=O) groups is 2. The molecule has 5 aromatic rings. The third kappa shape index (κ3) is 4.89. The first kappa shape index (κ1) is 25.2. The minimum Gasteiger partial charge on any atom is -0.345 e. The van der Waals surface area contributed by atoms with E-state index in [0.29, 0.717) is 38.0 Å². The van der Waals surface area contributed by atoms with Gasteiger partial charge in [0.2, 0.25) is 0 Å². The second kappa shape index (κ2) is 10.5. The molecule has 0 saturated carbocycles. The van der Waals surface area contributed by atoms with Crippen LogP contribution in [0.3, 0.4) is 0 Å². The number of rotatable bonds is 9. The molecular weight excluding hydrogens is 478 g/mol. The van der Waals surface area contributed by atoms with Crippen molar-refractivity contribution in [3.8, 4) is 0 Å². The van der Waals surface area contributed by atoms with Crippen molar-refractivity contribution in [1.82, 2.24) is 23.6 Å². The number of benzene rings is 3. The highest BCUT2D eigenvalue weighted by Crippen LogP contribution is 2.21. The summed E-state index contributed by atoms with van der Waals surface area (Å²) >= 11 is 0. The highest BCUT2D eigenvalue weighted by atomic mass is 16.2. The molecule has 0 bridgehead atoms. The predicted octanol–water partition coefficient (Wildman–Crippen LogP) is 4.32. The lowest BCUT2D eigenvalue weighted by atomic mass is 10.1. The minimum atomic E-state index is -0.123. The topological polar surface area (TPSA) is 82.1 Å². The summed E-state index contributed by atoms with van der Waals surface area (Å²) in [6.45, 7) is 2.96. The first-order chi connectivity index (χ1) is 18.3. The number of amides is 1. The molecule has 0 radical (unpaired) electrons. The number of ketones is 1. The zero-order valence-electron chi connectivity index (χ0n) is 21.9. The molecule has 0 atom stereocenters. The van der Waals surface area contributed by atoms with Crippen LogP contribution in [0.2, 0.25) is 0 Å². The highest BCUT2D eigenvalue weighted by Gasteiger charge is 2.18. The summed E-state index contributed by atoms with van der Waals surface area (Å²) in [5.41, 5.74) is 4.95. The van der Waals surface area contributed by atoms with Gasteiger partial charge in [0.1, 0.15) is 11.6 Å². The van der Waals surface area contributed by atoms with Gasteiger partial charge in [-0.2, -0.15) is 0 Å². The Hall–Kier alpha value is -4.46. The van der Waals surface area contributed by atoms with E-state index in [4.69, 9.17) is 4.98 Å². The van der Waals surface area contributed by atoms with E-state index in [2.05, 4.69) is 4.57 Å². The number of nitrogens with zero attached hydrogens (tertiary/aromatic N) is 5. The van der Waals surface area contributed by atoms with Gasteiger partial charge in [0.05, 0.1) is 35.2 Å². The Morgan fingerprint density at radius 3 is 2.03 bits per heavy atom. The van der Waals surface area contributed by atoms with Crippen LogP contribution in [0.5, 0.6) is 0 Å². The molecule has 2 aromatic heterocycles. The number of para-hydroxylation sites is 4. The molecule has 8 heteroatoms. The number of imidazole rings is 2. The molecule has 0 unspecified atom stereocenters. The molecule has 8 nitrogen and oxygen atoms in total. The number of aromatic nitrogens is 4. The molecule has 3 aromatic carbocycles. The monoisotopic (exact) mass is 509 g/mol. The molecule has 2 heterocycles. The maximum absolute atomic E-state index is 13.8. The molecule has 38 heavy (non-hydrogen) atoms. The highest BCUT2D eigenvalue weighted by molar-refractivity contribution is 5.93. The van der Waals surface area contributed by atoms with Crippen molar-refractivity contribution in [3.05, 3.63) is 100 Å². The van der Waals surface area contributed by atoms with Gasteiger partial charge in [-0.15, -0.1) is 0 Å². The summed E-state index contributed by atoms with van der Waals surface area (Å²) in [7, 11) is 3.45. The third-order valence-electron chi connectivity index (χ3n) is 6.82. The molecule has 0 saturated heterocycles. The second-order valence-electron chi connectivity index (χ2n) is 9.81. The number of Topliss-reactive ketones (excluding diaryl/α,β-unsaturated/α-hetero) is 1. The average Bonchev–Trinajstić information content (AvgIpc) is 3.39. The van der Waals surface area contributed by atoms with Gasteiger partial charge in [0, 0.05) is 32.6 Å². The Bertz CT molecular complexity index is 1690. The summed E-state index contributed by atoms with van der Waals surface area (Å²) in [6, 6.07) is 23.1. The Balaban J connectivity index is 1.51. The van der Waals surface area contributed by atoms with Crippen LogP contribution in [0.15, 0.2) is 77.6 Å². The number of aryl methyl sites for hydroxylation is 1. The molecule has 0 aliphatic carbocycles. The van der Waals surface area contributed by atoms with Gasteiger partial charge in [-0.1, -0.05) is 36.4 Å². The van der Waals surface area contributed by atoms with Crippen LogP contribution in [0.1, 0.15) is 41.5 Å². The van der Waals surface area contributed by atoms with Gasteiger partial charge in [-0.3, -0.25) is 13.9 Å². The van der Waals surface area contributed by atoms with Crippen molar-refractivity contribution in [2.45, 2.75) is 39.4 Å². The van der Waals surface area contributed by atoms with Crippen molar-refractivity contribution in [1.29, 1.82) is 0 Å². The smallest absolute Gasteiger partial charge is 0.329 e. The fourth-order valence-electron chi connectivity index (χ4n) is 4.89. The molecular formula is C30H31N5O3. The standard InChI is InChI=1S/C30H31N5O3/c1-21(36)9-8-18-33-25-11-5-4-10-24(25)31-28(33)20-35-27-13-7-6-12-26(27)34(30(35)38)19-22-14-16-23(17-15-22)29(37)32(2)3/h4-7,10-17H,8-9,18-20H2,1-3H3. The summed E-state index contributed by atoms with van der Waals surface area (Å²) < 4.78 is 5.65. The fourth-order valence-corrected chi connectivity index (χ4v) is 4.89. The predicted molar refractivity (Wildman–Crippen MR) is 149 cm³/mol. The van der Waals surface area contributed by atoms with E-state index >= 15 is 0 Å². The van der Waals surface area contributed by atoms with E-state index in [1.54, 1.807) is 47.2 Å². The minimum absolute atomic E-state index is 0.0588. The summed E-state index contributed by atoms with van der Waals surface area (Å²) in [4.78, 5) is 44.0. The van der Waals surface area contributed by atoms with Crippen LogP contribution < -0.4 is 5.69 Å². The number of fused-ring (bicyclic) bond motifs is 2. The maximum atomic E-state index is 13.8. The lowest BCUT2D eigenvalue weighted by Gasteiger charge is -2.11. The van der Waals surface area contributed by atoms with Crippen LogP contribution in [0, 0.1) is 0 Å². The van der Waals surface area contributed by atoms with Gasteiger partial charge >= 0.3 is 5.69 Å². The van der Waals surface area contributed by atoms with Crippen molar-refractivity contribution < 1.29 is 9.59 Å². The van der Waals surface area contributed by atoms with Crippen LogP contribution >= 0.6 is 0 Å². The molecule has 1 amide bonds. The number of hydrogen-bond donors (Lipinski definition) is 0. The first-order valence-electron chi connectivity index (χ1n) is 12.8. The van der Waals surface area contributed by atoms with Gasteiger partial charge < -0.3 is 14.3 Å². The van der Waals surface area contributed by atoms with Crippen molar-refractivity contribution in [2.75, 3.05) is 14.1 Å².